The van der Waals surface area contributed by atoms with E-state index in [2.05, 4.69) is 194 Å². The Labute approximate surface area is 470 Å². The summed E-state index contributed by atoms with van der Waals surface area (Å²) in [6, 6.07) is 89.0. The van der Waals surface area contributed by atoms with Gasteiger partial charge in [-0.1, -0.05) is 206 Å². The fourth-order valence-electron chi connectivity index (χ4n) is 12.6. The van der Waals surface area contributed by atoms with Crippen molar-refractivity contribution in [2.45, 2.75) is 11.8 Å². The third kappa shape index (κ3) is 7.53. The van der Waals surface area contributed by atoms with Crippen LogP contribution in [0, 0.1) is 0 Å². The highest BCUT2D eigenvalue weighted by Crippen LogP contribution is 2.57. The van der Waals surface area contributed by atoms with Crippen LogP contribution in [-0.4, -0.2) is 29.9 Å². The van der Waals surface area contributed by atoms with Crippen molar-refractivity contribution in [1.29, 1.82) is 0 Å². The molecule has 0 saturated heterocycles. The van der Waals surface area contributed by atoms with Gasteiger partial charge in [0, 0.05) is 66.8 Å². The molecule has 2 atom stereocenters. The quantitative estimate of drug-likeness (QED) is 0.148. The number of para-hydroxylation sites is 2. The largest absolute Gasteiger partial charge is 0.456 e. The first kappa shape index (κ1) is 46.0. The maximum atomic E-state index is 6.13. The second kappa shape index (κ2) is 18.3. The first-order valence-corrected chi connectivity index (χ1v) is 27.6. The summed E-state index contributed by atoms with van der Waals surface area (Å²) in [5, 5.41) is 4.42. The van der Waals surface area contributed by atoms with Crippen LogP contribution in [0.5, 0.6) is 0 Å². The summed E-state index contributed by atoms with van der Waals surface area (Å²) in [5.74, 6) is 3.69. The van der Waals surface area contributed by atoms with Crippen LogP contribution in [0.1, 0.15) is 45.2 Å². The topological polar surface area (TPSA) is 104 Å². The molecule has 0 N–H and O–H groups in total. The van der Waals surface area contributed by atoms with Crippen molar-refractivity contribution in [3.8, 4) is 90.6 Å². The smallest absolute Gasteiger partial charge is 0.164 e. The minimum absolute atomic E-state index is 0.0119. The lowest BCUT2D eigenvalue weighted by Gasteiger charge is -2.42. The van der Waals surface area contributed by atoms with Crippen molar-refractivity contribution in [2.24, 2.45) is 0 Å². The fourth-order valence-corrected chi connectivity index (χ4v) is 12.6. The average molecular weight is 1050 g/mol. The Hall–Kier alpha value is -11.0. The molecule has 0 spiro atoms. The predicted molar refractivity (Wildman–Crippen MR) is 326 cm³/mol. The Morgan fingerprint density at radius 2 is 0.488 bits per heavy atom. The summed E-state index contributed by atoms with van der Waals surface area (Å²) in [4.78, 5) is 31.1. The number of nitrogens with zero attached hydrogens (tertiary/aromatic N) is 6. The van der Waals surface area contributed by atoms with Crippen LogP contribution in [0.15, 0.2) is 264 Å². The minimum Gasteiger partial charge on any atom is -0.456 e. The third-order valence-electron chi connectivity index (χ3n) is 16.6. The zero-order valence-electron chi connectivity index (χ0n) is 43.9. The molecule has 0 amide bonds. The summed E-state index contributed by atoms with van der Waals surface area (Å²) in [5.41, 5.74) is 21.2. The SMILES string of the molecule is c1ccc(-c2nc(-c3ccc(-c4ccc5oc6ccccc6c5c4)cc3)nc(-c3ccc4c(c3)C3c5ccccc5C4c4cc(-c5nc(-c6ccccc6)nc(-c6ccc(-c7ccc8oc9ccccc9c8c7)cc6)n5)ccc43)n2)cc1. The molecular weight excluding hydrogens is 1000 g/mol. The Morgan fingerprint density at radius 1 is 0.195 bits per heavy atom. The highest BCUT2D eigenvalue weighted by molar-refractivity contribution is 6.07. The Balaban J connectivity index is 0.730. The lowest BCUT2D eigenvalue weighted by molar-refractivity contribution is 0.668. The molecule has 0 aliphatic heterocycles. The summed E-state index contributed by atoms with van der Waals surface area (Å²) < 4.78 is 12.3. The highest BCUT2D eigenvalue weighted by atomic mass is 16.3. The molecule has 2 bridgehead atoms. The molecule has 18 rings (SSSR count). The highest BCUT2D eigenvalue weighted by Gasteiger charge is 2.41. The molecular formula is C74H44N6O2. The number of fused-ring (bicyclic) bond motifs is 6. The van der Waals surface area contributed by atoms with Crippen molar-refractivity contribution in [2.75, 3.05) is 0 Å². The van der Waals surface area contributed by atoms with Gasteiger partial charge in [-0.2, -0.15) is 0 Å². The predicted octanol–water partition coefficient (Wildman–Crippen LogP) is 18.2. The van der Waals surface area contributed by atoms with E-state index in [4.69, 9.17) is 38.7 Å². The van der Waals surface area contributed by atoms with E-state index < -0.39 is 0 Å². The van der Waals surface area contributed by atoms with E-state index in [9.17, 15) is 0 Å². The molecule has 15 aromatic rings. The second-order valence-electron chi connectivity index (χ2n) is 21.3. The molecule has 82 heavy (non-hydrogen) atoms. The monoisotopic (exact) mass is 1050 g/mol. The normalized spacial score (nSPS) is 14.1. The van der Waals surface area contributed by atoms with Gasteiger partial charge in [-0.3, -0.25) is 0 Å². The van der Waals surface area contributed by atoms with Crippen LogP contribution in [0.4, 0.5) is 0 Å². The molecule has 4 heterocycles. The molecule has 3 aliphatic rings. The molecule has 0 saturated carbocycles. The van der Waals surface area contributed by atoms with Crippen LogP contribution in [0.3, 0.4) is 0 Å². The minimum atomic E-state index is -0.0119. The van der Waals surface area contributed by atoms with Crippen molar-refractivity contribution < 1.29 is 8.83 Å². The second-order valence-corrected chi connectivity index (χ2v) is 21.3. The summed E-state index contributed by atoms with van der Waals surface area (Å²) in [6.07, 6.45) is 0. The maximum Gasteiger partial charge on any atom is 0.164 e. The van der Waals surface area contributed by atoms with E-state index in [1.54, 1.807) is 0 Å². The maximum absolute atomic E-state index is 6.13. The van der Waals surface area contributed by atoms with Gasteiger partial charge in [0.25, 0.3) is 0 Å². The van der Waals surface area contributed by atoms with Gasteiger partial charge in [0.1, 0.15) is 22.3 Å². The molecule has 0 fully saturated rings. The van der Waals surface area contributed by atoms with Crippen molar-refractivity contribution >= 4 is 43.9 Å². The molecule has 11 aromatic carbocycles. The molecule has 8 nitrogen and oxygen atoms in total. The standard InChI is InChI=1S/C74H44N6O2/c1-3-13-45(14-4-1)69-75-71(47-27-23-43(24-28-47)49-33-37-65-59(39-49)53-17-9-11-21-63(53)81-65)79-73(77-69)51-31-35-57-61(41-51)67-55-19-7-8-20-56(55)68(57)62-42-52(32-36-58(62)67)74-78-70(46-15-5-2-6-16-46)76-72(80-74)48-29-25-44(26-30-48)50-34-38-66-60(40-50)54-18-10-12-22-64(54)82-66/h1-42,67-68H. The van der Waals surface area contributed by atoms with Crippen LogP contribution in [-0.2, 0) is 0 Å². The summed E-state index contributed by atoms with van der Waals surface area (Å²) >= 11 is 0. The molecule has 8 heteroatoms. The van der Waals surface area contributed by atoms with E-state index in [1.807, 2.05) is 60.7 Å². The van der Waals surface area contributed by atoms with Gasteiger partial charge < -0.3 is 8.83 Å². The number of hydrogen-bond donors (Lipinski definition) is 0. The van der Waals surface area contributed by atoms with Gasteiger partial charge in [0.15, 0.2) is 34.9 Å². The van der Waals surface area contributed by atoms with Gasteiger partial charge in [-0.15, -0.1) is 0 Å². The zero-order chi connectivity index (χ0) is 53.8. The van der Waals surface area contributed by atoms with E-state index in [0.717, 1.165) is 99.5 Å². The first-order valence-electron chi connectivity index (χ1n) is 27.6. The Morgan fingerprint density at radius 3 is 0.902 bits per heavy atom. The zero-order valence-corrected chi connectivity index (χ0v) is 43.9. The first-order chi connectivity index (χ1) is 40.6. The van der Waals surface area contributed by atoms with Gasteiger partial charge in [0.2, 0.25) is 0 Å². The number of rotatable bonds is 8. The van der Waals surface area contributed by atoms with Crippen LogP contribution in [0.25, 0.3) is 134 Å². The van der Waals surface area contributed by atoms with Crippen LogP contribution in [0.2, 0.25) is 0 Å². The molecule has 0 radical (unpaired) electrons. The van der Waals surface area contributed by atoms with Crippen LogP contribution >= 0.6 is 0 Å². The molecule has 382 valence electrons. The number of furan rings is 2. The van der Waals surface area contributed by atoms with Gasteiger partial charge in [0.05, 0.1) is 0 Å². The Kier molecular flexibility index (Phi) is 10.3. The van der Waals surface area contributed by atoms with E-state index in [1.165, 1.54) is 33.4 Å². The number of aromatic nitrogens is 6. The molecule has 4 aromatic heterocycles. The number of benzene rings is 11. The Bertz CT molecular complexity index is 4730. The van der Waals surface area contributed by atoms with Gasteiger partial charge in [-0.05, 0) is 104 Å². The fraction of sp³-hybridized carbons (Fsp3) is 0.0270. The summed E-state index contributed by atoms with van der Waals surface area (Å²) in [7, 11) is 0. The number of hydrogen-bond acceptors (Lipinski definition) is 8. The molecule has 3 aliphatic carbocycles. The molecule has 2 unspecified atom stereocenters. The van der Waals surface area contributed by atoms with Crippen molar-refractivity contribution in [3.63, 3.8) is 0 Å². The van der Waals surface area contributed by atoms with Gasteiger partial charge in [-0.25, -0.2) is 29.9 Å². The third-order valence-corrected chi connectivity index (χ3v) is 16.6. The van der Waals surface area contributed by atoms with E-state index in [-0.39, 0.29) is 11.8 Å². The van der Waals surface area contributed by atoms with Crippen molar-refractivity contribution in [1.82, 2.24) is 29.9 Å². The average Bonchev–Trinajstić information content (AvgIpc) is 2.37. The lowest BCUT2D eigenvalue weighted by Crippen LogP contribution is -2.27. The van der Waals surface area contributed by atoms with Crippen molar-refractivity contribution in [3.05, 3.63) is 288 Å². The van der Waals surface area contributed by atoms with E-state index >= 15 is 0 Å². The van der Waals surface area contributed by atoms with Crippen LogP contribution < -0.4 is 0 Å². The van der Waals surface area contributed by atoms with Gasteiger partial charge >= 0.3 is 0 Å². The lowest BCUT2D eigenvalue weighted by atomic mass is 9.61. The van der Waals surface area contributed by atoms with E-state index in [0.29, 0.717) is 34.9 Å². The summed E-state index contributed by atoms with van der Waals surface area (Å²) in [6.45, 7) is 0.